The topological polar surface area (TPSA) is 29.9 Å². The van der Waals surface area contributed by atoms with Gasteiger partial charge in [-0.3, -0.25) is 0 Å². The molecule has 0 radical (unpaired) electrons. The van der Waals surface area contributed by atoms with Crippen LogP contribution in [0.4, 0.5) is 0 Å². The first-order valence-electron chi connectivity index (χ1n) is 7.47. The summed E-state index contributed by atoms with van der Waals surface area (Å²) in [5.41, 5.74) is 2.84. The molecule has 18 heavy (non-hydrogen) atoms. The van der Waals surface area contributed by atoms with E-state index in [2.05, 4.69) is 30.7 Å². The third-order valence-corrected chi connectivity index (χ3v) is 4.15. The second-order valence-electron chi connectivity index (χ2n) is 6.41. The first-order valence-corrected chi connectivity index (χ1v) is 7.47. The Labute approximate surface area is 110 Å². The van der Waals surface area contributed by atoms with Crippen LogP contribution < -0.4 is 5.32 Å². The minimum Gasteiger partial charge on any atom is -0.329 e. The average molecular weight is 247 g/mol. The van der Waals surface area contributed by atoms with Crippen LogP contribution in [0.1, 0.15) is 69.2 Å². The van der Waals surface area contributed by atoms with Gasteiger partial charge in [0.2, 0.25) is 0 Å². The van der Waals surface area contributed by atoms with Gasteiger partial charge in [-0.15, -0.1) is 0 Å². The van der Waals surface area contributed by atoms with Crippen molar-refractivity contribution in [2.75, 3.05) is 6.54 Å². The molecule has 0 amide bonds. The normalized spacial score (nSPS) is 21.1. The maximum Gasteiger partial charge on any atom is 0.112 e. The highest BCUT2D eigenvalue weighted by atomic mass is 15.1. The van der Waals surface area contributed by atoms with E-state index in [1.807, 2.05) is 0 Å². The van der Waals surface area contributed by atoms with Crippen LogP contribution in [0.3, 0.4) is 0 Å². The number of nitrogens with one attached hydrogen (secondary N) is 1. The van der Waals surface area contributed by atoms with Gasteiger partial charge in [-0.2, -0.15) is 0 Å². The zero-order valence-electron chi connectivity index (χ0n) is 11.9. The van der Waals surface area contributed by atoms with E-state index in [4.69, 9.17) is 4.98 Å². The van der Waals surface area contributed by atoms with Gasteiger partial charge in [0.05, 0.1) is 5.69 Å². The van der Waals surface area contributed by atoms with E-state index in [-0.39, 0.29) is 0 Å². The molecular formula is C15H25N3. The quantitative estimate of drug-likeness (QED) is 0.886. The van der Waals surface area contributed by atoms with Crippen molar-refractivity contribution in [1.29, 1.82) is 0 Å². The zero-order chi connectivity index (χ0) is 12.7. The Bertz CT molecular complexity index is 429. The fourth-order valence-electron chi connectivity index (χ4n) is 3.26. The summed E-state index contributed by atoms with van der Waals surface area (Å²) in [7, 11) is 0. The van der Waals surface area contributed by atoms with Crippen molar-refractivity contribution in [3.63, 3.8) is 0 Å². The molecule has 1 atom stereocenters. The summed E-state index contributed by atoms with van der Waals surface area (Å²) >= 11 is 0. The lowest BCUT2D eigenvalue weighted by molar-refractivity contribution is 0.405. The summed E-state index contributed by atoms with van der Waals surface area (Å²) in [6.07, 6.45) is 5.10. The Hall–Kier alpha value is -0.830. The summed E-state index contributed by atoms with van der Waals surface area (Å²) in [5, 5.41) is 3.44. The smallest absolute Gasteiger partial charge is 0.112 e. The van der Waals surface area contributed by atoms with Crippen LogP contribution in [0.25, 0.3) is 0 Å². The molecule has 0 saturated heterocycles. The number of hydrogen-bond donors (Lipinski definition) is 1. The summed E-state index contributed by atoms with van der Waals surface area (Å²) < 4.78 is 2.59. The SMILES string of the molecule is CC(C)CC(C)n1c(C2CC2)nc2c1CCNC2. The van der Waals surface area contributed by atoms with Gasteiger partial charge in [0.1, 0.15) is 5.82 Å². The number of imidazole rings is 1. The average Bonchev–Trinajstić information content (AvgIpc) is 3.08. The number of aromatic nitrogens is 2. The molecule has 2 aliphatic rings. The molecule has 2 heterocycles. The Morgan fingerprint density at radius 2 is 2.11 bits per heavy atom. The Balaban J connectivity index is 1.96. The number of fused-ring (bicyclic) bond motifs is 1. The standard InChI is InChI=1S/C15H25N3/c1-10(2)8-11(3)18-14-6-7-16-9-13(14)17-15(18)12-4-5-12/h10-12,16H,4-9H2,1-3H3. The molecule has 1 aliphatic heterocycles. The van der Waals surface area contributed by atoms with E-state index in [0.29, 0.717) is 6.04 Å². The van der Waals surface area contributed by atoms with Gasteiger partial charge >= 0.3 is 0 Å². The maximum absolute atomic E-state index is 4.94. The predicted molar refractivity (Wildman–Crippen MR) is 73.8 cm³/mol. The summed E-state index contributed by atoms with van der Waals surface area (Å²) in [4.78, 5) is 4.94. The molecule has 1 aromatic rings. The molecule has 3 rings (SSSR count). The van der Waals surface area contributed by atoms with Crippen LogP contribution in [0.15, 0.2) is 0 Å². The van der Waals surface area contributed by atoms with Crippen LogP contribution in [-0.4, -0.2) is 16.1 Å². The molecule has 1 aliphatic carbocycles. The lowest BCUT2D eigenvalue weighted by Crippen LogP contribution is -2.26. The van der Waals surface area contributed by atoms with Gasteiger partial charge in [0, 0.05) is 37.2 Å². The van der Waals surface area contributed by atoms with E-state index >= 15 is 0 Å². The summed E-state index contributed by atoms with van der Waals surface area (Å²) in [6, 6.07) is 0.606. The minimum atomic E-state index is 0.606. The maximum atomic E-state index is 4.94. The van der Waals surface area contributed by atoms with Crippen LogP contribution in [0.5, 0.6) is 0 Å². The monoisotopic (exact) mass is 247 g/mol. The van der Waals surface area contributed by atoms with Crippen molar-refractivity contribution in [2.24, 2.45) is 5.92 Å². The van der Waals surface area contributed by atoms with E-state index in [1.165, 1.54) is 36.5 Å². The van der Waals surface area contributed by atoms with Gasteiger partial charge < -0.3 is 9.88 Å². The Kier molecular flexibility index (Phi) is 3.18. The lowest BCUT2D eigenvalue weighted by atomic mass is 10.0. The van der Waals surface area contributed by atoms with Crippen LogP contribution in [0.2, 0.25) is 0 Å². The van der Waals surface area contributed by atoms with Crippen molar-refractivity contribution in [1.82, 2.24) is 14.9 Å². The highest BCUT2D eigenvalue weighted by Gasteiger charge is 2.33. The highest BCUT2D eigenvalue weighted by molar-refractivity contribution is 5.24. The fraction of sp³-hybridized carbons (Fsp3) is 0.800. The molecule has 0 bridgehead atoms. The summed E-state index contributed by atoms with van der Waals surface area (Å²) in [5.74, 6) is 2.90. The third kappa shape index (κ3) is 2.20. The molecule has 1 unspecified atom stereocenters. The predicted octanol–water partition coefficient (Wildman–Crippen LogP) is 3.01. The van der Waals surface area contributed by atoms with Gasteiger partial charge in [-0.25, -0.2) is 4.98 Å². The zero-order valence-corrected chi connectivity index (χ0v) is 11.9. The molecule has 1 N–H and O–H groups in total. The molecule has 3 heteroatoms. The van der Waals surface area contributed by atoms with E-state index in [0.717, 1.165) is 31.3 Å². The molecule has 3 nitrogen and oxygen atoms in total. The molecule has 0 spiro atoms. The van der Waals surface area contributed by atoms with Crippen molar-refractivity contribution < 1.29 is 0 Å². The number of rotatable bonds is 4. The number of hydrogen-bond acceptors (Lipinski definition) is 2. The second kappa shape index (κ2) is 4.69. The van der Waals surface area contributed by atoms with Gasteiger partial charge in [0.25, 0.3) is 0 Å². The van der Waals surface area contributed by atoms with Crippen molar-refractivity contribution in [3.05, 3.63) is 17.2 Å². The second-order valence-corrected chi connectivity index (χ2v) is 6.41. The van der Waals surface area contributed by atoms with E-state index < -0.39 is 0 Å². The van der Waals surface area contributed by atoms with Crippen LogP contribution in [0, 0.1) is 5.92 Å². The molecule has 100 valence electrons. The van der Waals surface area contributed by atoms with E-state index in [1.54, 1.807) is 0 Å². The van der Waals surface area contributed by atoms with Gasteiger partial charge in [0.15, 0.2) is 0 Å². The third-order valence-electron chi connectivity index (χ3n) is 4.15. The summed E-state index contributed by atoms with van der Waals surface area (Å²) in [6.45, 7) is 9.08. The largest absolute Gasteiger partial charge is 0.329 e. The first-order chi connectivity index (χ1) is 8.66. The molecule has 1 saturated carbocycles. The molecule has 0 aromatic carbocycles. The minimum absolute atomic E-state index is 0.606. The van der Waals surface area contributed by atoms with Crippen LogP contribution in [-0.2, 0) is 13.0 Å². The van der Waals surface area contributed by atoms with Gasteiger partial charge in [-0.1, -0.05) is 13.8 Å². The Morgan fingerprint density at radius 3 is 2.78 bits per heavy atom. The highest BCUT2D eigenvalue weighted by Crippen LogP contribution is 2.42. The molecule has 1 aromatic heterocycles. The van der Waals surface area contributed by atoms with Crippen LogP contribution >= 0.6 is 0 Å². The number of nitrogens with zero attached hydrogens (tertiary/aromatic N) is 2. The van der Waals surface area contributed by atoms with Crippen molar-refractivity contribution in [3.8, 4) is 0 Å². The Morgan fingerprint density at radius 1 is 1.33 bits per heavy atom. The van der Waals surface area contributed by atoms with E-state index in [9.17, 15) is 0 Å². The van der Waals surface area contributed by atoms with Crippen molar-refractivity contribution in [2.45, 2.75) is 65.0 Å². The molecular weight excluding hydrogens is 222 g/mol. The lowest BCUT2D eigenvalue weighted by Gasteiger charge is -2.23. The first kappa shape index (κ1) is 12.2. The fourth-order valence-corrected chi connectivity index (χ4v) is 3.26. The molecule has 1 fully saturated rings. The van der Waals surface area contributed by atoms with Gasteiger partial charge in [-0.05, 0) is 32.1 Å². The van der Waals surface area contributed by atoms with Crippen molar-refractivity contribution >= 4 is 0 Å².